The Labute approximate surface area is 153 Å². The van der Waals surface area contributed by atoms with Gasteiger partial charge in [0.15, 0.2) is 6.10 Å². The maximum atomic E-state index is 13.1. The van der Waals surface area contributed by atoms with Crippen LogP contribution in [0.2, 0.25) is 0 Å². The van der Waals surface area contributed by atoms with E-state index in [1.54, 1.807) is 54.6 Å². The van der Waals surface area contributed by atoms with Crippen LogP contribution in [0.25, 0.3) is 0 Å². The molecular weight excluding hydrogens is 352 g/mol. The minimum Gasteiger partial charge on any atom is -0.476 e. The van der Waals surface area contributed by atoms with Gasteiger partial charge in [-0.3, -0.25) is 9.10 Å². The van der Waals surface area contributed by atoms with Crippen molar-refractivity contribution in [3.05, 3.63) is 54.6 Å². The number of benzene rings is 2. The molecule has 1 aliphatic heterocycles. The normalized spacial score (nSPS) is 16.7. The monoisotopic (exact) mass is 374 g/mol. The number of ether oxygens (including phenoxy) is 1. The molecule has 1 unspecified atom stereocenters. The van der Waals surface area contributed by atoms with E-state index >= 15 is 0 Å². The molecule has 7 heteroatoms. The SMILES string of the molecule is CC(C)CNC(=O)C1CN(S(=O)(=O)c2ccccc2)c2ccccc2O1. The van der Waals surface area contributed by atoms with Crippen LogP contribution in [0.4, 0.5) is 5.69 Å². The summed E-state index contributed by atoms with van der Waals surface area (Å²) in [6.07, 6.45) is -0.901. The van der Waals surface area contributed by atoms with Crippen LogP contribution < -0.4 is 14.4 Å². The second-order valence-electron chi connectivity index (χ2n) is 6.56. The predicted octanol–water partition coefficient (Wildman–Crippen LogP) is 2.42. The molecule has 138 valence electrons. The first kappa shape index (κ1) is 18.3. The summed E-state index contributed by atoms with van der Waals surface area (Å²) < 4.78 is 33.3. The van der Waals surface area contributed by atoms with E-state index in [1.165, 1.54) is 4.31 Å². The molecule has 0 aromatic heterocycles. The van der Waals surface area contributed by atoms with Gasteiger partial charge in [-0.1, -0.05) is 44.2 Å². The fourth-order valence-corrected chi connectivity index (χ4v) is 4.20. The summed E-state index contributed by atoms with van der Waals surface area (Å²) in [5.74, 6) is 0.350. The molecular formula is C19H22N2O4S. The Bertz CT molecular complexity index is 881. The van der Waals surface area contributed by atoms with Gasteiger partial charge in [-0.15, -0.1) is 0 Å². The first-order chi connectivity index (χ1) is 12.4. The molecule has 0 fully saturated rings. The minimum absolute atomic E-state index is 0.0713. The number of sulfonamides is 1. The van der Waals surface area contributed by atoms with Crippen molar-refractivity contribution in [2.45, 2.75) is 24.8 Å². The third-order valence-electron chi connectivity index (χ3n) is 4.04. The summed E-state index contributed by atoms with van der Waals surface area (Å²) in [5.41, 5.74) is 0.435. The molecule has 1 N–H and O–H groups in total. The van der Waals surface area contributed by atoms with Crippen molar-refractivity contribution in [2.24, 2.45) is 5.92 Å². The number of hydrogen-bond acceptors (Lipinski definition) is 4. The molecule has 6 nitrogen and oxygen atoms in total. The highest BCUT2D eigenvalue weighted by molar-refractivity contribution is 7.92. The molecule has 0 spiro atoms. The Balaban J connectivity index is 1.95. The lowest BCUT2D eigenvalue weighted by Gasteiger charge is -2.34. The summed E-state index contributed by atoms with van der Waals surface area (Å²) in [6.45, 7) is 4.41. The van der Waals surface area contributed by atoms with Gasteiger partial charge in [-0.05, 0) is 30.2 Å². The highest BCUT2D eigenvalue weighted by atomic mass is 32.2. The van der Waals surface area contributed by atoms with E-state index in [0.717, 1.165) is 0 Å². The molecule has 0 saturated heterocycles. The summed E-state index contributed by atoms with van der Waals surface area (Å²) >= 11 is 0. The Hall–Kier alpha value is -2.54. The highest BCUT2D eigenvalue weighted by Crippen LogP contribution is 2.36. The van der Waals surface area contributed by atoms with E-state index in [4.69, 9.17) is 4.74 Å². The van der Waals surface area contributed by atoms with Gasteiger partial charge in [0.25, 0.3) is 15.9 Å². The molecule has 1 amide bonds. The van der Waals surface area contributed by atoms with E-state index in [9.17, 15) is 13.2 Å². The van der Waals surface area contributed by atoms with Crippen LogP contribution in [0.1, 0.15) is 13.8 Å². The fourth-order valence-electron chi connectivity index (χ4n) is 2.70. The molecule has 26 heavy (non-hydrogen) atoms. The van der Waals surface area contributed by atoms with Crippen molar-refractivity contribution in [3.63, 3.8) is 0 Å². The lowest BCUT2D eigenvalue weighted by molar-refractivity contribution is -0.127. The van der Waals surface area contributed by atoms with Gasteiger partial charge in [-0.2, -0.15) is 0 Å². The fraction of sp³-hybridized carbons (Fsp3) is 0.316. The van der Waals surface area contributed by atoms with Gasteiger partial charge in [0.2, 0.25) is 0 Å². The Kier molecular flexibility index (Phi) is 5.18. The van der Waals surface area contributed by atoms with Crippen LogP contribution in [0.3, 0.4) is 0 Å². The second-order valence-corrected chi connectivity index (χ2v) is 8.42. The van der Waals surface area contributed by atoms with E-state index in [0.29, 0.717) is 23.9 Å². The lowest BCUT2D eigenvalue weighted by atomic mass is 10.2. The van der Waals surface area contributed by atoms with E-state index in [2.05, 4.69) is 5.32 Å². The number of nitrogens with zero attached hydrogens (tertiary/aromatic N) is 1. The van der Waals surface area contributed by atoms with Gasteiger partial charge in [0.05, 0.1) is 17.1 Å². The Morgan fingerprint density at radius 3 is 2.50 bits per heavy atom. The first-order valence-corrected chi connectivity index (χ1v) is 9.95. The Morgan fingerprint density at radius 2 is 1.81 bits per heavy atom. The van der Waals surface area contributed by atoms with E-state index in [-0.39, 0.29) is 17.3 Å². The number of para-hydroxylation sites is 2. The molecule has 0 radical (unpaired) electrons. The van der Waals surface area contributed by atoms with Crippen molar-refractivity contribution < 1.29 is 17.9 Å². The smallest absolute Gasteiger partial charge is 0.264 e. The summed E-state index contributed by atoms with van der Waals surface area (Å²) in [4.78, 5) is 12.6. The molecule has 3 rings (SSSR count). The van der Waals surface area contributed by atoms with Gasteiger partial charge in [0.1, 0.15) is 5.75 Å². The van der Waals surface area contributed by atoms with Crippen molar-refractivity contribution >= 4 is 21.6 Å². The van der Waals surface area contributed by atoms with Gasteiger partial charge in [0, 0.05) is 6.54 Å². The largest absolute Gasteiger partial charge is 0.476 e. The van der Waals surface area contributed by atoms with E-state index < -0.39 is 16.1 Å². The zero-order valence-electron chi connectivity index (χ0n) is 14.8. The van der Waals surface area contributed by atoms with Crippen molar-refractivity contribution in [1.29, 1.82) is 0 Å². The number of nitrogens with one attached hydrogen (secondary N) is 1. The van der Waals surface area contributed by atoms with Crippen LogP contribution in [-0.2, 0) is 14.8 Å². The van der Waals surface area contributed by atoms with Crippen LogP contribution in [-0.4, -0.2) is 33.5 Å². The number of carbonyl (C=O) groups is 1. The third-order valence-corrected chi connectivity index (χ3v) is 5.84. The zero-order valence-corrected chi connectivity index (χ0v) is 15.6. The molecule has 0 bridgehead atoms. The molecule has 0 saturated carbocycles. The zero-order chi connectivity index (χ0) is 18.7. The van der Waals surface area contributed by atoms with Crippen LogP contribution >= 0.6 is 0 Å². The molecule has 1 atom stereocenters. The molecule has 2 aromatic carbocycles. The van der Waals surface area contributed by atoms with Crippen LogP contribution in [0.5, 0.6) is 5.75 Å². The molecule has 1 heterocycles. The van der Waals surface area contributed by atoms with E-state index in [1.807, 2.05) is 13.8 Å². The molecule has 1 aliphatic rings. The van der Waals surface area contributed by atoms with Gasteiger partial charge < -0.3 is 10.1 Å². The number of fused-ring (bicyclic) bond motifs is 1. The quantitative estimate of drug-likeness (QED) is 0.872. The minimum atomic E-state index is -3.80. The number of carbonyl (C=O) groups excluding carboxylic acids is 1. The topological polar surface area (TPSA) is 75.7 Å². The highest BCUT2D eigenvalue weighted by Gasteiger charge is 2.37. The van der Waals surface area contributed by atoms with Crippen molar-refractivity contribution in [3.8, 4) is 5.75 Å². The van der Waals surface area contributed by atoms with Gasteiger partial charge in [-0.25, -0.2) is 8.42 Å². The first-order valence-electron chi connectivity index (χ1n) is 8.51. The van der Waals surface area contributed by atoms with Gasteiger partial charge >= 0.3 is 0 Å². The summed E-state index contributed by atoms with van der Waals surface area (Å²) in [6, 6.07) is 15.0. The third kappa shape index (κ3) is 3.67. The van der Waals surface area contributed by atoms with Crippen LogP contribution in [0, 0.1) is 5.92 Å². The summed E-state index contributed by atoms with van der Waals surface area (Å²) in [7, 11) is -3.80. The number of anilines is 1. The van der Waals surface area contributed by atoms with Crippen molar-refractivity contribution in [1.82, 2.24) is 5.32 Å². The predicted molar refractivity (Wildman–Crippen MR) is 99.7 cm³/mol. The number of hydrogen-bond donors (Lipinski definition) is 1. The second kappa shape index (κ2) is 7.37. The maximum Gasteiger partial charge on any atom is 0.264 e. The molecule has 0 aliphatic carbocycles. The standard InChI is InChI=1S/C19H22N2O4S/c1-14(2)12-20-19(22)18-13-21(16-10-6-7-11-17(16)25-18)26(23,24)15-8-4-3-5-9-15/h3-11,14,18H,12-13H2,1-2H3,(H,20,22). The lowest BCUT2D eigenvalue weighted by Crippen LogP contribution is -2.51. The number of amides is 1. The van der Waals surface area contributed by atoms with Crippen molar-refractivity contribution in [2.75, 3.05) is 17.4 Å². The maximum absolute atomic E-state index is 13.1. The Morgan fingerprint density at radius 1 is 1.15 bits per heavy atom. The molecule has 2 aromatic rings. The summed E-state index contributed by atoms with van der Waals surface area (Å²) in [5, 5.41) is 2.81. The average Bonchev–Trinajstić information content (AvgIpc) is 2.65. The average molecular weight is 374 g/mol. The number of rotatable bonds is 5. The van der Waals surface area contributed by atoms with Crippen LogP contribution in [0.15, 0.2) is 59.5 Å².